The molecular weight excluding hydrogens is 232 g/mol. The zero-order chi connectivity index (χ0) is 13.2. The van der Waals surface area contributed by atoms with E-state index in [0.29, 0.717) is 11.6 Å². The quantitative estimate of drug-likeness (QED) is 0.645. The summed E-state index contributed by atoms with van der Waals surface area (Å²) in [5.41, 5.74) is 0.225. The Morgan fingerprint density at radius 3 is 2.72 bits per heavy atom. The van der Waals surface area contributed by atoms with Crippen LogP contribution in [0.3, 0.4) is 0 Å². The number of tetrazole rings is 1. The van der Waals surface area contributed by atoms with Gasteiger partial charge in [-0.1, -0.05) is 12.1 Å². The molecule has 0 aliphatic heterocycles. The van der Waals surface area contributed by atoms with E-state index in [4.69, 9.17) is 4.74 Å². The first-order valence-electron chi connectivity index (χ1n) is 5.53. The molecule has 0 unspecified atom stereocenters. The summed E-state index contributed by atoms with van der Waals surface area (Å²) in [7, 11) is 0. The van der Waals surface area contributed by atoms with Gasteiger partial charge >= 0.3 is 5.97 Å². The van der Waals surface area contributed by atoms with Crippen LogP contribution in [0.4, 0.5) is 0 Å². The number of hydrogen-bond donors (Lipinski definition) is 1. The number of H-pyrrole nitrogens is 1. The van der Waals surface area contributed by atoms with Crippen LogP contribution in [0.1, 0.15) is 20.8 Å². The van der Waals surface area contributed by atoms with Gasteiger partial charge < -0.3 is 4.74 Å². The minimum Gasteiger partial charge on any atom is -0.426 e. The highest BCUT2D eigenvalue weighted by molar-refractivity contribution is 5.78. The van der Waals surface area contributed by atoms with Gasteiger partial charge in [0.15, 0.2) is 5.82 Å². The zero-order valence-electron chi connectivity index (χ0n) is 10.5. The van der Waals surface area contributed by atoms with E-state index in [2.05, 4.69) is 20.6 Å². The molecule has 0 saturated heterocycles. The molecule has 0 amide bonds. The van der Waals surface area contributed by atoms with Crippen LogP contribution < -0.4 is 4.74 Å². The molecule has 2 aromatic rings. The molecule has 0 fully saturated rings. The third-order valence-corrected chi connectivity index (χ3v) is 2.28. The molecule has 6 nitrogen and oxygen atoms in total. The maximum atomic E-state index is 11.8. The van der Waals surface area contributed by atoms with Gasteiger partial charge in [-0.2, -0.15) is 0 Å². The number of nitrogens with zero attached hydrogens (tertiary/aromatic N) is 3. The maximum Gasteiger partial charge on any atom is 0.316 e. The fourth-order valence-electron chi connectivity index (χ4n) is 1.25. The molecule has 1 aromatic heterocycles. The van der Waals surface area contributed by atoms with Crippen molar-refractivity contribution >= 4 is 5.97 Å². The first-order valence-corrected chi connectivity index (χ1v) is 5.53. The maximum absolute atomic E-state index is 11.8. The Bertz CT molecular complexity index is 543. The van der Waals surface area contributed by atoms with Crippen molar-refractivity contribution < 1.29 is 9.53 Å². The summed E-state index contributed by atoms with van der Waals surface area (Å²) >= 11 is 0. The van der Waals surface area contributed by atoms with E-state index in [1.165, 1.54) is 0 Å². The van der Waals surface area contributed by atoms with Crippen LogP contribution in [0.25, 0.3) is 11.4 Å². The highest BCUT2D eigenvalue weighted by atomic mass is 16.5. The number of rotatable bonds is 2. The van der Waals surface area contributed by atoms with E-state index >= 15 is 0 Å². The molecule has 18 heavy (non-hydrogen) atoms. The van der Waals surface area contributed by atoms with Crippen LogP contribution in [-0.2, 0) is 4.79 Å². The molecular formula is C12H14N4O2. The van der Waals surface area contributed by atoms with E-state index in [9.17, 15) is 4.79 Å². The van der Waals surface area contributed by atoms with Crippen LogP contribution >= 0.6 is 0 Å². The van der Waals surface area contributed by atoms with Crippen molar-refractivity contribution in [1.82, 2.24) is 20.6 Å². The smallest absolute Gasteiger partial charge is 0.316 e. The first-order chi connectivity index (χ1) is 8.47. The van der Waals surface area contributed by atoms with Crippen molar-refractivity contribution in [1.29, 1.82) is 0 Å². The summed E-state index contributed by atoms with van der Waals surface area (Å²) in [5, 5.41) is 13.4. The summed E-state index contributed by atoms with van der Waals surface area (Å²) in [6, 6.07) is 7.04. The fourth-order valence-corrected chi connectivity index (χ4v) is 1.25. The molecule has 0 aliphatic rings. The number of carbonyl (C=O) groups is 1. The topological polar surface area (TPSA) is 80.8 Å². The Kier molecular flexibility index (Phi) is 3.10. The number of aromatic nitrogens is 4. The minimum absolute atomic E-state index is 0.282. The number of nitrogens with one attached hydrogen (secondary N) is 1. The Morgan fingerprint density at radius 1 is 1.33 bits per heavy atom. The Morgan fingerprint density at radius 2 is 2.11 bits per heavy atom. The zero-order valence-corrected chi connectivity index (χ0v) is 10.5. The third kappa shape index (κ3) is 2.71. The second kappa shape index (κ2) is 4.56. The molecule has 1 aromatic carbocycles. The van der Waals surface area contributed by atoms with Crippen LogP contribution in [0, 0.1) is 5.41 Å². The summed E-state index contributed by atoms with van der Waals surface area (Å²) < 4.78 is 5.30. The van der Waals surface area contributed by atoms with Gasteiger partial charge in [0.2, 0.25) is 0 Å². The van der Waals surface area contributed by atoms with Gasteiger partial charge in [-0.05, 0) is 43.3 Å². The summed E-state index contributed by atoms with van der Waals surface area (Å²) in [4.78, 5) is 11.8. The molecule has 6 heteroatoms. The van der Waals surface area contributed by atoms with Gasteiger partial charge in [-0.25, -0.2) is 5.10 Å². The second-order valence-electron chi connectivity index (χ2n) is 4.92. The Hall–Kier alpha value is -2.24. The van der Waals surface area contributed by atoms with E-state index < -0.39 is 5.41 Å². The largest absolute Gasteiger partial charge is 0.426 e. The van der Waals surface area contributed by atoms with E-state index in [1.807, 2.05) is 6.07 Å². The normalized spacial score (nSPS) is 11.3. The summed E-state index contributed by atoms with van der Waals surface area (Å²) in [6.45, 7) is 5.42. The standard InChI is InChI=1S/C12H14N4O2/c1-12(2,3)11(17)18-9-6-4-5-8(7-9)10-13-15-16-14-10/h4-7H,1-3H3,(H,13,14,15,16). The lowest BCUT2D eigenvalue weighted by Crippen LogP contribution is -2.25. The van der Waals surface area contributed by atoms with Crippen molar-refractivity contribution in [2.24, 2.45) is 5.41 Å². The van der Waals surface area contributed by atoms with E-state index in [1.54, 1.807) is 39.0 Å². The lowest BCUT2D eigenvalue weighted by molar-refractivity contribution is -0.142. The van der Waals surface area contributed by atoms with Gasteiger partial charge in [-0.3, -0.25) is 4.79 Å². The van der Waals surface area contributed by atoms with Crippen molar-refractivity contribution in [3.63, 3.8) is 0 Å². The van der Waals surface area contributed by atoms with Gasteiger partial charge in [-0.15, -0.1) is 5.10 Å². The SMILES string of the molecule is CC(C)(C)C(=O)Oc1cccc(-c2nnn[nH]2)c1. The Labute approximate surface area is 104 Å². The molecule has 1 heterocycles. The molecule has 94 valence electrons. The van der Waals surface area contributed by atoms with Gasteiger partial charge in [0, 0.05) is 5.56 Å². The van der Waals surface area contributed by atoms with Crippen LogP contribution in [0.5, 0.6) is 5.75 Å². The molecule has 0 bridgehead atoms. The second-order valence-corrected chi connectivity index (χ2v) is 4.92. The number of benzene rings is 1. The minimum atomic E-state index is -0.538. The van der Waals surface area contributed by atoms with E-state index in [-0.39, 0.29) is 5.97 Å². The lowest BCUT2D eigenvalue weighted by atomic mass is 9.97. The molecule has 0 saturated carbocycles. The van der Waals surface area contributed by atoms with Crippen molar-refractivity contribution in [2.45, 2.75) is 20.8 Å². The third-order valence-electron chi connectivity index (χ3n) is 2.28. The molecule has 0 aliphatic carbocycles. The van der Waals surface area contributed by atoms with Gasteiger partial charge in [0.1, 0.15) is 5.75 Å². The van der Waals surface area contributed by atoms with Crippen molar-refractivity contribution in [2.75, 3.05) is 0 Å². The van der Waals surface area contributed by atoms with Crippen molar-refractivity contribution in [3.8, 4) is 17.1 Å². The predicted molar refractivity (Wildman–Crippen MR) is 64.7 cm³/mol. The number of aromatic amines is 1. The summed E-state index contributed by atoms with van der Waals surface area (Å²) in [6.07, 6.45) is 0. The van der Waals surface area contributed by atoms with Crippen LogP contribution in [0.15, 0.2) is 24.3 Å². The van der Waals surface area contributed by atoms with Gasteiger partial charge in [0.25, 0.3) is 0 Å². The Balaban J connectivity index is 2.21. The first kappa shape index (κ1) is 12.2. The van der Waals surface area contributed by atoms with E-state index in [0.717, 1.165) is 5.56 Å². The monoisotopic (exact) mass is 246 g/mol. The molecule has 1 N–H and O–H groups in total. The average molecular weight is 246 g/mol. The summed E-state index contributed by atoms with van der Waals surface area (Å²) in [5.74, 6) is 0.725. The van der Waals surface area contributed by atoms with Crippen LogP contribution in [-0.4, -0.2) is 26.6 Å². The lowest BCUT2D eigenvalue weighted by Gasteiger charge is -2.16. The highest BCUT2D eigenvalue weighted by Gasteiger charge is 2.23. The van der Waals surface area contributed by atoms with Gasteiger partial charge in [0.05, 0.1) is 5.41 Å². The number of hydrogen-bond acceptors (Lipinski definition) is 5. The van der Waals surface area contributed by atoms with Crippen LogP contribution in [0.2, 0.25) is 0 Å². The number of ether oxygens (including phenoxy) is 1. The molecule has 2 rings (SSSR count). The predicted octanol–water partition coefficient (Wildman–Crippen LogP) is 1.82. The molecule has 0 atom stereocenters. The molecule has 0 spiro atoms. The number of esters is 1. The average Bonchev–Trinajstić information content (AvgIpc) is 2.81. The number of carbonyl (C=O) groups excluding carboxylic acids is 1. The fraction of sp³-hybridized carbons (Fsp3) is 0.333. The van der Waals surface area contributed by atoms with Crippen molar-refractivity contribution in [3.05, 3.63) is 24.3 Å². The molecule has 0 radical (unpaired) electrons. The highest BCUT2D eigenvalue weighted by Crippen LogP contribution is 2.23.